The van der Waals surface area contributed by atoms with Crippen molar-refractivity contribution < 1.29 is 37.9 Å². The fraction of sp³-hybridized carbons (Fsp3) is 0.579. The lowest BCUT2D eigenvalue weighted by molar-refractivity contribution is -0.172. The van der Waals surface area contributed by atoms with Gasteiger partial charge in [0, 0.05) is 11.2 Å². The minimum absolute atomic E-state index is 0.191. The fourth-order valence-electron chi connectivity index (χ4n) is 6.75. The van der Waals surface area contributed by atoms with Crippen molar-refractivity contribution in [2.75, 3.05) is 12.5 Å². The van der Waals surface area contributed by atoms with E-state index >= 15 is 0 Å². The van der Waals surface area contributed by atoms with Crippen LogP contribution in [0.3, 0.4) is 0 Å². The molecule has 4 aliphatic rings. The summed E-state index contributed by atoms with van der Waals surface area (Å²) in [6, 6.07) is 10.9. The molecule has 0 spiro atoms. The molecule has 6 rings (SSSR count). The average molecular weight is 727 g/mol. The largest absolute Gasteiger partial charge is 0.616 e. The van der Waals surface area contributed by atoms with Crippen molar-refractivity contribution in [3.63, 3.8) is 0 Å². The maximum Gasteiger partial charge on any atom is 0.330 e. The van der Waals surface area contributed by atoms with Gasteiger partial charge in [-0.25, -0.2) is 4.79 Å². The minimum Gasteiger partial charge on any atom is -0.616 e. The van der Waals surface area contributed by atoms with Crippen LogP contribution in [-0.4, -0.2) is 83.6 Å². The van der Waals surface area contributed by atoms with Crippen LogP contribution in [0.5, 0.6) is 11.5 Å². The molecule has 4 heterocycles. The van der Waals surface area contributed by atoms with Crippen LogP contribution in [0.2, 0.25) is 0 Å². The van der Waals surface area contributed by atoms with Gasteiger partial charge in [0.05, 0.1) is 11.1 Å². The van der Waals surface area contributed by atoms with E-state index in [9.17, 15) is 23.7 Å². The number of β-lactam (4-membered cyclic amide) rings is 1. The normalized spacial score (nSPS) is 22.7. The van der Waals surface area contributed by atoms with Crippen molar-refractivity contribution in [1.29, 1.82) is 0 Å². The van der Waals surface area contributed by atoms with E-state index in [1.807, 2.05) is 32.0 Å². The third kappa shape index (κ3) is 8.12. The highest BCUT2D eigenvalue weighted by Gasteiger charge is 2.67. The van der Waals surface area contributed by atoms with Gasteiger partial charge < -0.3 is 23.7 Å². The molecule has 0 bridgehead atoms. The molecule has 0 N–H and O–H groups in total. The maximum atomic E-state index is 13.0. The van der Waals surface area contributed by atoms with E-state index in [2.05, 4.69) is 13.8 Å². The highest BCUT2D eigenvalue weighted by Crippen LogP contribution is 2.53. The first-order chi connectivity index (χ1) is 23.6. The van der Waals surface area contributed by atoms with Gasteiger partial charge in [0.2, 0.25) is 6.79 Å². The van der Waals surface area contributed by atoms with Gasteiger partial charge in [-0.1, -0.05) is 62.0 Å². The zero-order chi connectivity index (χ0) is 36.4. The summed E-state index contributed by atoms with van der Waals surface area (Å²) in [4.78, 5) is 53.8. The van der Waals surface area contributed by atoms with Gasteiger partial charge in [-0.3, -0.25) is 19.3 Å². The number of hydrogen-bond acceptors (Lipinski definition) is 9. The Bertz CT molecular complexity index is 1560. The molecular weight excluding hydrogens is 677 g/mol. The first kappa shape index (κ1) is 38.0. The van der Waals surface area contributed by atoms with Gasteiger partial charge >= 0.3 is 5.97 Å². The predicted octanol–water partition coefficient (Wildman–Crippen LogP) is 6.51. The second-order valence-electron chi connectivity index (χ2n) is 14.8. The van der Waals surface area contributed by atoms with Crippen LogP contribution in [0, 0.1) is 0 Å². The molecule has 2 fully saturated rings. The molecule has 3 amide bonds. The van der Waals surface area contributed by atoms with Crippen LogP contribution >= 0.6 is 11.8 Å². The van der Waals surface area contributed by atoms with E-state index in [1.54, 1.807) is 45.0 Å². The number of hydrogen-bond donors (Lipinski definition) is 0. The highest BCUT2D eigenvalue weighted by molar-refractivity contribution is 8.01. The Hall–Kier alpha value is -3.22. The molecule has 0 radical (unpaired) electrons. The van der Waals surface area contributed by atoms with Crippen molar-refractivity contribution in [2.24, 2.45) is 0 Å². The predicted molar refractivity (Wildman–Crippen MR) is 195 cm³/mol. The number of rotatable bonds is 12. The van der Waals surface area contributed by atoms with E-state index < -0.39 is 62.7 Å². The molecule has 272 valence electrons. The number of esters is 1. The molecule has 0 aliphatic carbocycles. The number of imide groups is 1. The number of nitrogens with zero attached hydrogens (tertiary/aromatic N) is 2. The number of amides is 3. The molecule has 2 aromatic rings. The van der Waals surface area contributed by atoms with Gasteiger partial charge in [0.25, 0.3) is 17.7 Å². The number of benzene rings is 2. The van der Waals surface area contributed by atoms with Crippen molar-refractivity contribution in [3.05, 3.63) is 59.2 Å². The lowest BCUT2D eigenvalue weighted by Gasteiger charge is -2.46. The zero-order valence-electron chi connectivity index (χ0n) is 30.2. The quantitative estimate of drug-likeness (QED) is 0.0791. The van der Waals surface area contributed by atoms with E-state index in [0.29, 0.717) is 17.9 Å². The fourth-order valence-corrected chi connectivity index (χ4v) is 9.68. The van der Waals surface area contributed by atoms with Crippen LogP contribution in [-0.2, 0) is 31.9 Å². The standard InChI is InChI=1S/C20H22N2O5S.C18H28O3S/c1-19(2,3)27-18(26)13-20(4,5)28-17-12(16(25)22(13)17)21-14(23)10-8-6-7-9-11(10)15(21)24;1-3-4-5-6-7-8-11-22(19)15(2)12-16-9-10-17-18(13-16)21-14-20-17/h6-9,12-13,17H,1-5H3;9-10,13,15H,3-8,11-12,14H2,1-2H3/t12?,13-,17+;/m0./s1. The van der Waals surface area contributed by atoms with Gasteiger partial charge in [0.15, 0.2) is 11.5 Å². The molecule has 5 atom stereocenters. The molecule has 4 aliphatic heterocycles. The molecular formula is C38H50N2O8S2. The summed E-state index contributed by atoms with van der Waals surface area (Å²) in [6.07, 6.45) is 8.32. The lowest BCUT2D eigenvalue weighted by Crippen LogP contribution is -2.71. The van der Waals surface area contributed by atoms with Crippen molar-refractivity contribution >= 4 is 46.6 Å². The number of thioether (sulfide) groups is 1. The molecule has 0 saturated carbocycles. The van der Waals surface area contributed by atoms with Crippen molar-refractivity contribution in [1.82, 2.24) is 9.80 Å². The van der Waals surface area contributed by atoms with E-state index in [0.717, 1.165) is 35.0 Å². The maximum absolute atomic E-state index is 13.0. The minimum atomic E-state index is -0.899. The van der Waals surface area contributed by atoms with Crippen molar-refractivity contribution in [3.8, 4) is 11.5 Å². The van der Waals surface area contributed by atoms with Crippen molar-refractivity contribution in [2.45, 2.75) is 126 Å². The molecule has 50 heavy (non-hydrogen) atoms. The van der Waals surface area contributed by atoms with Crippen LogP contribution in [0.4, 0.5) is 0 Å². The number of unbranched alkanes of at least 4 members (excludes halogenated alkanes) is 5. The topological polar surface area (TPSA) is 126 Å². The third-order valence-electron chi connectivity index (χ3n) is 9.25. The van der Waals surface area contributed by atoms with Gasteiger partial charge in [0.1, 0.15) is 34.1 Å². The Morgan fingerprint density at radius 2 is 1.62 bits per heavy atom. The second-order valence-corrected chi connectivity index (χ2v) is 18.6. The SMILES string of the molecule is CC(C)(C)OC(=O)[C@@H]1N2C(=O)C(N3C(=O)c4ccccc4C3=O)[C@H]2SC1(C)C.CCCCCCCC[S+]([O-])C(C)Cc1ccc2c(c1)OCO2. The molecule has 2 saturated heterocycles. The first-order valence-electron chi connectivity index (χ1n) is 17.6. The Balaban J connectivity index is 0.000000201. The third-order valence-corrected chi connectivity index (χ3v) is 12.6. The molecule has 0 aromatic heterocycles. The van der Waals surface area contributed by atoms with Gasteiger partial charge in [-0.2, -0.15) is 0 Å². The van der Waals surface area contributed by atoms with Gasteiger partial charge in [-0.05, 0) is 84.2 Å². The van der Waals surface area contributed by atoms with Crippen LogP contribution in [0.15, 0.2) is 42.5 Å². The summed E-state index contributed by atoms with van der Waals surface area (Å²) >= 11 is 0.677. The Morgan fingerprint density at radius 1 is 1.00 bits per heavy atom. The van der Waals surface area contributed by atoms with Crippen LogP contribution in [0.25, 0.3) is 0 Å². The Kier molecular flexibility index (Phi) is 11.8. The smallest absolute Gasteiger partial charge is 0.330 e. The summed E-state index contributed by atoms with van der Waals surface area (Å²) in [7, 11) is 0. The molecule has 2 aromatic carbocycles. The summed E-state index contributed by atoms with van der Waals surface area (Å²) in [5.74, 6) is 0.666. The summed E-state index contributed by atoms with van der Waals surface area (Å²) in [5.41, 5.74) is 1.12. The number of fused-ring (bicyclic) bond motifs is 3. The monoisotopic (exact) mass is 726 g/mol. The Morgan fingerprint density at radius 3 is 2.26 bits per heavy atom. The van der Waals surface area contributed by atoms with E-state index in [1.165, 1.54) is 54.3 Å². The molecule has 10 nitrogen and oxygen atoms in total. The molecule has 3 unspecified atom stereocenters. The summed E-state index contributed by atoms with van der Waals surface area (Å²) in [5, 5.41) is -0.266. The number of carbonyl (C=O) groups excluding carboxylic acids is 4. The van der Waals surface area contributed by atoms with E-state index in [4.69, 9.17) is 14.2 Å². The Labute approximate surface area is 303 Å². The van der Waals surface area contributed by atoms with Crippen LogP contribution < -0.4 is 9.47 Å². The van der Waals surface area contributed by atoms with Gasteiger partial charge in [-0.15, -0.1) is 11.8 Å². The zero-order valence-corrected chi connectivity index (χ0v) is 31.8. The van der Waals surface area contributed by atoms with Crippen LogP contribution in [0.1, 0.15) is 113 Å². The lowest BCUT2D eigenvalue weighted by atomic mass is 9.95. The summed E-state index contributed by atoms with van der Waals surface area (Å²) < 4.78 is 28.0. The number of ether oxygens (including phenoxy) is 3. The average Bonchev–Trinajstić information content (AvgIpc) is 3.70. The summed E-state index contributed by atoms with van der Waals surface area (Å²) in [6.45, 7) is 13.7. The highest BCUT2D eigenvalue weighted by atomic mass is 32.2. The first-order valence-corrected chi connectivity index (χ1v) is 19.9. The van der Waals surface area contributed by atoms with E-state index in [-0.39, 0.29) is 5.25 Å². The molecule has 12 heteroatoms. The second kappa shape index (κ2) is 15.6. The number of carbonyl (C=O) groups is 4.